The zero-order valence-corrected chi connectivity index (χ0v) is 21.8. The van der Waals surface area contributed by atoms with Gasteiger partial charge in [0, 0.05) is 17.7 Å². The monoisotopic (exact) mass is 545 g/mol. The molecule has 0 saturated carbocycles. The third kappa shape index (κ3) is 4.79. The SMILES string of the molecule is CCCOc1cccc(C(O)=C2C(=O)C(=O)N(c3nc4ccc(OC)cc4s3)C2c2cccc([N+](=O)[O-])c2)c1. The molecule has 198 valence electrons. The van der Waals surface area contributed by atoms with Gasteiger partial charge in [0.15, 0.2) is 5.13 Å². The number of hydrogen-bond donors (Lipinski definition) is 1. The molecule has 1 aliphatic heterocycles. The summed E-state index contributed by atoms with van der Waals surface area (Å²) >= 11 is 1.16. The van der Waals surface area contributed by atoms with Crippen LogP contribution in [0.25, 0.3) is 16.0 Å². The molecule has 11 heteroatoms. The van der Waals surface area contributed by atoms with E-state index in [0.717, 1.165) is 17.8 Å². The molecule has 0 spiro atoms. The zero-order chi connectivity index (χ0) is 27.7. The number of carbonyl (C=O) groups is 2. The number of nitro benzene ring substituents is 1. The Hall–Kier alpha value is -4.77. The normalized spacial score (nSPS) is 16.6. The number of ether oxygens (including phenoxy) is 2. The molecule has 5 rings (SSSR count). The fraction of sp³-hybridized carbons (Fsp3) is 0.179. The predicted molar refractivity (Wildman–Crippen MR) is 146 cm³/mol. The maximum atomic E-state index is 13.5. The van der Waals surface area contributed by atoms with Crippen LogP contribution < -0.4 is 14.4 Å². The van der Waals surface area contributed by atoms with E-state index in [2.05, 4.69) is 4.98 Å². The zero-order valence-electron chi connectivity index (χ0n) is 21.0. The molecule has 2 heterocycles. The molecule has 0 radical (unpaired) electrons. The first kappa shape index (κ1) is 25.9. The molecule has 4 aromatic rings. The van der Waals surface area contributed by atoms with Gasteiger partial charge in [-0.3, -0.25) is 24.6 Å². The lowest BCUT2D eigenvalue weighted by Crippen LogP contribution is -2.29. The lowest BCUT2D eigenvalue weighted by atomic mass is 9.95. The van der Waals surface area contributed by atoms with Crippen LogP contribution in [0.1, 0.15) is 30.5 Å². The number of carbonyl (C=O) groups excluding carboxylic acids is 2. The number of rotatable bonds is 8. The number of nitro groups is 1. The summed E-state index contributed by atoms with van der Waals surface area (Å²) in [5.41, 5.74) is 0.703. The Bertz CT molecular complexity index is 1650. The lowest BCUT2D eigenvalue weighted by Gasteiger charge is -2.22. The number of thiazole rings is 1. The molecular formula is C28H23N3O7S. The summed E-state index contributed by atoms with van der Waals surface area (Å²) in [6.45, 7) is 2.42. The molecular weight excluding hydrogens is 522 g/mol. The van der Waals surface area contributed by atoms with Crippen LogP contribution >= 0.6 is 11.3 Å². The van der Waals surface area contributed by atoms with Gasteiger partial charge in [0.05, 0.1) is 40.5 Å². The van der Waals surface area contributed by atoms with E-state index >= 15 is 0 Å². The fourth-order valence-electron chi connectivity index (χ4n) is 4.39. The highest BCUT2D eigenvalue weighted by atomic mass is 32.1. The van der Waals surface area contributed by atoms with Gasteiger partial charge in [0.25, 0.3) is 11.5 Å². The number of aromatic nitrogens is 1. The van der Waals surface area contributed by atoms with Gasteiger partial charge in [0.1, 0.15) is 17.3 Å². The molecule has 1 aliphatic rings. The second kappa shape index (κ2) is 10.5. The Kier molecular flexibility index (Phi) is 6.99. The number of aliphatic hydroxyl groups excluding tert-OH is 1. The summed E-state index contributed by atoms with van der Waals surface area (Å²) in [4.78, 5) is 43.7. The van der Waals surface area contributed by atoms with Crippen molar-refractivity contribution in [3.63, 3.8) is 0 Å². The minimum Gasteiger partial charge on any atom is -0.507 e. The van der Waals surface area contributed by atoms with E-state index in [-0.39, 0.29) is 27.5 Å². The molecule has 1 atom stereocenters. The number of ketones is 1. The molecule has 39 heavy (non-hydrogen) atoms. The molecule has 1 saturated heterocycles. The Morgan fingerprint density at radius 1 is 1.10 bits per heavy atom. The molecule has 1 N–H and O–H groups in total. The second-order valence-corrected chi connectivity index (χ2v) is 9.74. The average molecular weight is 546 g/mol. The van der Waals surface area contributed by atoms with Crippen molar-refractivity contribution in [3.8, 4) is 11.5 Å². The van der Waals surface area contributed by atoms with Crippen LogP contribution in [0.15, 0.2) is 72.3 Å². The van der Waals surface area contributed by atoms with E-state index in [1.165, 1.54) is 30.2 Å². The van der Waals surface area contributed by atoms with E-state index in [9.17, 15) is 24.8 Å². The van der Waals surface area contributed by atoms with Gasteiger partial charge < -0.3 is 14.6 Å². The first-order valence-corrected chi connectivity index (χ1v) is 12.9. The van der Waals surface area contributed by atoms with Gasteiger partial charge in [-0.15, -0.1) is 0 Å². The summed E-state index contributed by atoms with van der Waals surface area (Å²) in [7, 11) is 1.53. The van der Waals surface area contributed by atoms with Crippen molar-refractivity contribution in [3.05, 3.63) is 93.5 Å². The number of amides is 1. The molecule has 1 unspecified atom stereocenters. The number of aliphatic hydroxyl groups is 1. The van der Waals surface area contributed by atoms with Crippen LogP contribution in [0.4, 0.5) is 10.8 Å². The highest BCUT2D eigenvalue weighted by molar-refractivity contribution is 7.22. The predicted octanol–water partition coefficient (Wildman–Crippen LogP) is 5.63. The van der Waals surface area contributed by atoms with Crippen LogP contribution in [0.3, 0.4) is 0 Å². The highest BCUT2D eigenvalue weighted by Gasteiger charge is 2.48. The Morgan fingerprint density at radius 3 is 2.64 bits per heavy atom. The van der Waals surface area contributed by atoms with E-state index < -0.39 is 28.4 Å². The van der Waals surface area contributed by atoms with Gasteiger partial charge in [-0.05, 0) is 42.3 Å². The van der Waals surface area contributed by atoms with Gasteiger partial charge in [-0.25, -0.2) is 4.98 Å². The topological polar surface area (TPSA) is 132 Å². The molecule has 0 aliphatic carbocycles. The van der Waals surface area contributed by atoms with Gasteiger partial charge in [-0.2, -0.15) is 0 Å². The van der Waals surface area contributed by atoms with Gasteiger partial charge in [0.2, 0.25) is 0 Å². The lowest BCUT2D eigenvalue weighted by molar-refractivity contribution is -0.384. The van der Waals surface area contributed by atoms with Crippen LogP contribution in [0, 0.1) is 10.1 Å². The van der Waals surface area contributed by atoms with E-state index in [4.69, 9.17) is 9.47 Å². The first-order chi connectivity index (χ1) is 18.8. The molecule has 1 amide bonds. The minimum absolute atomic E-state index is 0.204. The Balaban J connectivity index is 1.70. The quantitative estimate of drug-likeness (QED) is 0.0991. The molecule has 0 bridgehead atoms. The van der Waals surface area contributed by atoms with Crippen molar-refractivity contribution in [2.45, 2.75) is 19.4 Å². The van der Waals surface area contributed by atoms with Crippen LogP contribution in [-0.4, -0.2) is 40.4 Å². The van der Waals surface area contributed by atoms with Gasteiger partial charge >= 0.3 is 5.91 Å². The van der Waals surface area contributed by atoms with Crippen LogP contribution in [0.5, 0.6) is 11.5 Å². The van der Waals surface area contributed by atoms with Crippen molar-refractivity contribution in [2.24, 2.45) is 0 Å². The molecule has 1 fully saturated rings. The van der Waals surface area contributed by atoms with Crippen LogP contribution in [0.2, 0.25) is 0 Å². The fourth-order valence-corrected chi connectivity index (χ4v) is 5.41. The highest BCUT2D eigenvalue weighted by Crippen LogP contribution is 2.45. The summed E-state index contributed by atoms with van der Waals surface area (Å²) < 4.78 is 11.7. The largest absolute Gasteiger partial charge is 0.507 e. The molecule has 3 aromatic carbocycles. The number of anilines is 1. The first-order valence-electron chi connectivity index (χ1n) is 12.1. The number of hydrogen-bond acceptors (Lipinski definition) is 9. The molecule has 1 aromatic heterocycles. The van der Waals surface area contributed by atoms with Gasteiger partial charge in [-0.1, -0.05) is 42.5 Å². The summed E-state index contributed by atoms with van der Waals surface area (Å²) in [5, 5.41) is 23.2. The number of methoxy groups -OCH3 is 1. The second-order valence-electron chi connectivity index (χ2n) is 8.73. The average Bonchev–Trinajstić information content (AvgIpc) is 3.49. The van der Waals surface area contributed by atoms with Crippen molar-refractivity contribution in [2.75, 3.05) is 18.6 Å². The third-order valence-corrected chi connectivity index (χ3v) is 7.23. The number of non-ortho nitro benzene ring substituents is 1. The van der Waals surface area contributed by atoms with E-state index in [0.29, 0.717) is 28.3 Å². The Labute approximate surface area is 226 Å². The Morgan fingerprint density at radius 2 is 1.90 bits per heavy atom. The number of Topliss-reactive ketones (excluding diaryl/α,β-unsaturated/α-hetero) is 1. The maximum absolute atomic E-state index is 13.5. The van der Waals surface area contributed by atoms with Crippen molar-refractivity contribution in [1.29, 1.82) is 0 Å². The minimum atomic E-state index is -1.16. The number of nitrogens with zero attached hydrogens (tertiary/aromatic N) is 3. The number of benzene rings is 3. The summed E-state index contributed by atoms with van der Waals surface area (Å²) in [6.07, 6.45) is 0.780. The van der Waals surface area contributed by atoms with Crippen molar-refractivity contribution >= 4 is 49.8 Å². The summed E-state index contributed by atoms with van der Waals surface area (Å²) in [5.74, 6) is -1.17. The van der Waals surface area contributed by atoms with Crippen molar-refractivity contribution in [1.82, 2.24) is 4.98 Å². The summed E-state index contributed by atoms with van der Waals surface area (Å²) in [6, 6.07) is 16.3. The number of fused-ring (bicyclic) bond motifs is 1. The standard InChI is InChI=1S/C28H23N3O7S/c1-3-12-38-20-9-5-7-17(14-20)25(32)23-24(16-6-4-8-18(13-16)31(35)36)30(27(34)26(23)33)28-29-21-11-10-19(37-2)15-22(21)39-28/h4-11,13-15,24,32H,3,12H2,1-2H3. The molecule has 10 nitrogen and oxygen atoms in total. The van der Waals surface area contributed by atoms with Crippen molar-refractivity contribution < 1.29 is 29.1 Å². The van der Waals surface area contributed by atoms with E-state index in [1.807, 2.05) is 6.92 Å². The smallest absolute Gasteiger partial charge is 0.301 e. The maximum Gasteiger partial charge on any atom is 0.301 e. The van der Waals surface area contributed by atoms with E-state index in [1.54, 1.807) is 48.5 Å². The van der Waals surface area contributed by atoms with Crippen LogP contribution in [-0.2, 0) is 9.59 Å². The third-order valence-electron chi connectivity index (χ3n) is 6.21.